The summed E-state index contributed by atoms with van der Waals surface area (Å²) < 4.78 is 12.0. The maximum absolute atomic E-state index is 5.50. The normalized spacial score (nSPS) is 15.5. The van der Waals surface area contributed by atoms with Crippen LogP contribution in [-0.2, 0) is 4.74 Å². The number of rotatable bonds is 5. The van der Waals surface area contributed by atoms with E-state index in [-0.39, 0.29) is 0 Å². The van der Waals surface area contributed by atoms with Crippen molar-refractivity contribution >= 4 is 47.9 Å². The molecule has 3 aromatic rings. The Hall–Kier alpha value is -2.38. The first kappa shape index (κ1) is 20.5. The third kappa shape index (κ3) is 4.21. The molecule has 1 saturated heterocycles. The fraction of sp³-hybridized carbons (Fsp3) is 0.280. The van der Waals surface area contributed by atoms with Gasteiger partial charge in [0, 0.05) is 0 Å². The Morgan fingerprint density at radius 3 is 2.68 bits per heavy atom. The Morgan fingerprint density at radius 1 is 1.03 bits per heavy atom. The molecule has 2 aliphatic rings. The van der Waals surface area contributed by atoms with E-state index in [2.05, 4.69) is 83.2 Å². The van der Waals surface area contributed by atoms with Gasteiger partial charge in [0.1, 0.15) is 0 Å². The van der Waals surface area contributed by atoms with Gasteiger partial charge in [-0.3, -0.25) is 0 Å². The molecule has 156 valence electrons. The molecule has 0 saturated carbocycles. The van der Waals surface area contributed by atoms with Crippen LogP contribution in [0.25, 0.3) is 0 Å². The van der Waals surface area contributed by atoms with Crippen molar-refractivity contribution in [2.24, 2.45) is 3.21 Å². The van der Waals surface area contributed by atoms with Gasteiger partial charge in [-0.15, -0.1) is 0 Å². The van der Waals surface area contributed by atoms with E-state index in [1.807, 2.05) is 6.20 Å². The summed E-state index contributed by atoms with van der Waals surface area (Å²) in [6, 6.07) is 19.9. The van der Waals surface area contributed by atoms with E-state index in [0.29, 0.717) is 0 Å². The summed E-state index contributed by atoms with van der Waals surface area (Å²) >= 11 is -0.942. The molecule has 6 heteroatoms. The van der Waals surface area contributed by atoms with Crippen molar-refractivity contribution in [3.05, 3.63) is 77.5 Å². The van der Waals surface area contributed by atoms with E-state index < -0.39 is 21.4 Å². The van der Waals surface area contributed by atoms with Gasteiger partial charge in [0.05, 0.1) is 0 Å². The first-order valence-electron chi connectivity index (χ1n) is 10.8. The van der Waals surface area contributed by atoms with Crippen LogP contribution in [0.5, 0.6) is 0 Å². The number of nitrogens with zero attached hydrogens (tertiary/aromatic N) is 4. The number of morpholine rings is 1. The van der Waals surface area contributed by atoms with Gasteiger partial charge in [-0.05, 0) is 0 Å². The van der Waals surface area contributed by atoms with Crippen LogP contribution < -0.4 is 13.4 Å². The van der Waals surface area contributed by atoms with Crippen LogP contribution in [-0.4, -0.2) is 65.0 Å². The van der Waals surface area contributed by atoms with Crippen molar-refractivity contribution in [1.82, 2.24) is 4.98 Å². The van der Waals surface area contributed by atoms with Crippen LogP contribution in [0.2, 0.25) is 0 Å². The summed E-state index contributed by atoms with van der Waals surface area (Å²) in [7, 11) is 0. The van der Waals surface area contributed by atoms with Gasteiger partial charge in [0.15, 0.2) is 0 Å². The fourth-order valence-electron chi connectivity index (χ4n) is 4.23. The van der Waals surface area contributed by atoms with Crippen LogP contribution >= 0.6 is 0 Å². The predicted octanol–water partition coefficient (Wildman–Crippen LogP) is 3.48. The topological polar surface area (TPSA) is 41.0 Å². The van der Waals surface area contributed by atoms with Gasteiger partial charge in [0.25, 0.3) is 0 Å². The molecule has 2 aliphatic heterocycles. The van der Waals surface area contributed by atoms with Gasteiger partial charge < -0.3 is 0 Å². The second-order valence-corrected chi connectivity index (χ2v) is 10.7. The molecule has 0 bridgehead atoms. The van der Waals surface area contributed by atoms with E-state index >= 15 is 0 Å². The molecule has 31 heavy (non-hydrogen) atoms. The van der Waals surface area contributed by atoms with Crippen LogP contribution in [0.4, 0.5) is 17.2 Å². The van der Waals surface area contributed by atoms with E-state index in [1.54, 1.807) is 0 Å². The minimum absolute atomic E-state index is 0.763. The molecule has 0 unspecified atom stereocenters. The minimum atomic E-state index is -0.942. The van der Waals surface area contributed by atoms with Crippen LogP contribution in [0.15, 0.2) is 64.0 Å². The van der Waals surface area contributed by atoms with Crippen molar-refractivity contribution in [1.29, 1.82) is 0 Å². The Labute approximate surface area is 194 Å². The number of fused-ring (bicyclic) bond motifs is 1. The number of benzene rings is 2. The molecule has 0 aliphatic carbocycles. The van der Waals surface area contributed by atoms with Gasteiger partial charge >= 0.3 is 195 Å². The van der Waals surface area contributed by atoms with Crippen LogP contribution in [0.3, 0.4) is 0 Å². The molecule has 1 fully saturated rings. The van der Waals surface area contributed by atoms with Gasteiger partial charge in [-0.1, -0.05) is 0 Å². The summed E-state index contributed by atoms with van der Waals surface area (Å²) in [4.78, 5) is 9.30. The van der Waals surface area contributed by atoms with Gasteiger partial charge in [-0.2, -0.15) is 0 Å². The standard InChI is InChI=1S/C25H26N4O.Sn/c1-3-29(22-8-4-6-19(2)16-22)23-9-5-7-20(17-23)25(26)21-10-11-27-24(18-21)28-12-14-30-15-13-28;/h4-6,8-11,16-18H,3,12-15H2,1-2H3;/q-1;+1. The molecular weight excluding hydrogens is 491 g/mol. The molecule has 1 aromatic heterocycles. The summed E-state index contributed by atoms with van der Waals surface area (Å²) in [5.74, 6) is 1.02. The second-order valence-electron chi connectivity index (χ2n) is 7.89. The third-order valence-corrected chi connectivity index (χ3v) is 8.73. The molecule has 0 N–H and O–H groups in total. The van der Waals surface area contributed by atoms with Crippen LogP contribution in [0.1, 0.15) is 23.6 Å². The number of hydrogen-bond acceptors (Lipinski definition) is 5. The zero-order valence-corrected chi connectivity index (χ0v) is 20.9. The van der Waals surface area contributed by atoms with Crippen molar-refractivity contribution in [2.45, 2.75) is 13.8 Å². The number of aryl methyl sites for hydroxylation is 1. The summed E-state index contributed by atoms with van der Waals surface area (Å²) in [6.45, 7) is 8.58. The molecule has 2 aromatic carbocycles. The Balaban J connectivity index is 1.48. The molecule has 5 rings (SSSR count). The molecule has 2 radical (unpaired) electrons. The molecular formula is C25H26N4OSn. The number of hydrogen-bond donors (Lipinski definition) is 0. The fourth-order valence-corrected chi connectivity index (χ4v) is 6.94. The van der Waals surface area contributed by atoms with Crippen molar-refractivity contribution in [3.8, 4) is 0 Å². The molecule has 0 amide bonds. The molecule has 0 spiro atoms. The van der Waals surface area contributed by atoms with Crippen molar-refractivity contribution in [3.63, 3.8) is 0 Å². The maximum atomic E-state index is 5.50. The Bertz CT molecular complexity index is 1120. The number of anilines is 3. The Kier molecular flexibility index (Phi) is 5.96. The summed E-state index contributed by atoms with van der Waals surface area (Å²) in [5, 5.41) is 0. The average molecular weight is 517 g/mol. The second kappa shape index (κ2) is 9.00. The average Bonchev–Trinajstić information content (AvgIpc) is 3.24. The molecule has 5 nitrogen and oxygen atoms in total. The first-order valence-corrected chi connectivity index (χ1v) is 13.5. The number of pyridine rings is 1. The quantitative estimate of drug-likeness (QED) is 0.487. The van der Waals surface area contributed by atoms with Crippen molar-refractivity contribution in [2.75, 3.05) is 42.6 Å². The SMILES string of the molecule is CCN(c1cccc(C)c1)c1cc[c]2c(c1)C(c1ccnc(N3CCOCC3)c1)=[N][Sn]2. The summed E-state index contributed by atoms with van der Waals surface area (Å²) in [6.07, 6.45) is 1.92. The third-order valence-electron chi connectivity index (χ3n) is 5.84. The van der Waals surface area contributed by atoms with Gasteiger partial charge in [-0.25, -0.2) is 0 Å². The molecule has 3 heterocycles. The van der Waals surface area contributed by atoms with E-state index in [4.69, 9.17) is 7.95 Å². The number of aromatic nitrogens is 1. The molecule has 0 atom stereocenters. The Morgan fingerprint density at radius 2 is 1.87 bits per heavy atom. The zero-order chi connectivity index (χ0) is 21.2. The first-order chi connectivity index (χ1) is 15.2. The van der Waals surface area contributed by atoms with Gasteiger partial charge in [0.2, 0.25) is 0 Å². The monoisotopic (exact) mass is 518 g/mol. The van der Waals surface area contributed by atoms with Crippen LogP contribution in [0, 0.1) is 6.92 Å². The van der Waals surface area contributed by atoms with E-state index in [9.17, 15) is 0 Å². The summed E-state index contributed by atoms with van der Waals surface area (Å²) in [5.41, 5.74) is 7.35. The van der Waals surface area contributed by atoms with E-state index in [1.165, 1.54) is 31.6 Å². The van der Waals surface area contributed by atoms with Crippen molar-refractivity contribution < 1.29 is 4.74 Å². The number of ether oxygens (including phenoxy) is 1. The zero-order valence-electron chi connectivity index (χ0n) is 18.0. The van der Waals surface area contributed by atoms with E-state index in [0.717, 1.165) is 44.4 Å². The predicted molar refractivity (Wildman–Crippen MR) is 129 cm³/mol.